The molecule has 0 unspecified atom stereocenters. The lowest BCUT2D eigenvalue weighted by atomic mass is 9.94. The number of benzene rings is 1. The van der Waals surface area contributed by atoms with Crippen molar-refractivity contribution < 1.29 is 0 Å². The van der Waals surface area contributed by atoms with Crippen molar-refractivity contribution in [3.05, 3.63) is 40.5 Å². The fraction of sp³-hybridized carbons (Fsp3) is 0.556. The van der Waals surface area contributed by atoms with Crippen molar-refractivity contribution in [2.45, 2.75) is 65.2 Å². The molecule has 0 amide bonds. The van der Waals surface area contributed by atoms with Crippen molar-refractivity contribution in [2.75, 3.05) is 0 Å². The molecule has 0 radical (unpaired) electrons. The molecule has 0 heterocycles. The van der Waals surface area contributed by atoms with Crippen molar-refractivity contribution in [3.63, 3.8) is 0 Å². The third-order valence-corrected chi connectivity index (χ3v) is 3.85. The summed E-state index contributed by atoms with van der Waals surface area (Å²) in [6, 6.07) is 6.79. The standard InChI is InChI=1S/C18H26/c1-4-7-15(8-5-2)13-17-10-6-9-14(3)18(17)16-11-12-16/h6,9-10,13,16H,4-5,7-8,11-12H2,1-3H3. The average molecular weight is 242 g/mol. The van der Waals surface area contributed by atoms with E-state index in [1.54, 1.807) is 11.1 Å². The highest BCUT2D eigenvalue weighted by Gasteiger charge is 2.26. The largest absolute Gasteiger partial charge is 0.0696 e. The second kappa shape index (κ2) is 6.22. The first-order valence-corrected chi connectivity index (χ1v) is 7.55. The monoisotopic (exact) mass is 242 g/mol. The third-order valence-electron chi connectivity index (χ3n) is 3.85. The van der Waals surface area contributed by atoms with Crippen molar-refractivity contribution in [1.82, 2.24) is 0 Å². The van der Waals surface area contributed by atoms with Crippen LogP contribution in [0.15, 0.2) is 23.8 Å². The summed E-state index contributed by atoms with van der Waals surface area (Å²) in [6.45, 7) is 6.83. The van der Waals surface area contributed by atoms with E-state index in [4.69, 9.17) is 0 Å². The molecule has 0 atom stereocenters. The van der Waals surface area contributed by atoms with E-state index in [9.17, 15) is 0 Å². The van der Waals surface area contributed by atoms with Crippen LogP contribution in [0.2, 0.25) is 0 Å². The summed E-state index contributed by atoms with van der Waals surface area (Å²) < 4.78 is 0. The maximum atomic E-state index is 2.48. The molecule has 18 heavy (non-hydrogen) atoms. The van der Waals surface area contributed by atoms with Gasteiger partial charge in [0, 0.05) is 0 Å². The quantitative estimate of drug-likeness (QED) is 0.586. The zero-order valence-corrected chi connectivity index (χ0v) is 12.1. The van der Waals surface area contributed by atoms with Gasteiger partial charge in [0.1, 0.15) is 0 Å². The molecule has 0 aromatic heterocycles. The smallest absolute Gasteiger partial charge is 0.0153 e. The topological polar surface area (TPSA) is 0 Å². The van der Waals surface area contributed by atoms with E-state index < -0.39 is 0 Å². The summed E-state index contributed by atoms with van der Waals surface area (Å²) in [5, 5.41) is 0. The Hall–Kier alpha value is -1.04. The molecule has 0 spiro atoms. The molecule has 1 aromatic rings. The molecule has 98 valence electrons. The predicted molar refractivity (Wildman–Crippen MR) is 80.9 cm³/mol. The van der Waals surface area contributed by atoms with Crippen LogP contribution in [-0.4, -0.2) is 0 Å². The zero-order chi connectivity index (χ0) is 13.0. The van der Waals surface area contributed by atoms with Crippen molar-refractivity contribution >= 4 is 6.08 Å². The number of rotatable bonds is 6. The van der Waals surface area contributed by atoms with Crippen LogP contribution in [0.1, 0.15) is 75.0 Å². The van der Waals surface area contributed by atoms with E-state index >= 15 is 0 Å². The van der Waals surface area contributed by atoms with Gasteiger partial charge in [-0.2, -0.15) is 0 Å². The first kappa shape index (κ1) is 13.4. The maximum Gasteiger partial charge on any atom is -0.0153 e. The molecule has 2 rings (SSSR count). The molecule has 0 nitrogen and oxygen atoms in total. The van der Waals surface area contributed by atoms with Gasteiger partial charge < -0.3 is 0 Å². The number of hydrogen-bond acceptors (Lipinski definition) is 0. The van der Waals surface area contributed by atoms with Crippen LogP contribution in [0.5, 0.6) is 0 Å². The molecular formula is C18H26. The SMILES string of the molecule is CCCC(=Cc1cccc(C)c1C1CC1)CCC. The summed E-state index contributed by atoms with van der Waals surface area (Å²) in [6.07, 6.45) is 10.3. The van der Waals surface area contributed by atoms with E-state index in [1.807, 2.05) is 0 Å². The number of allylic oxidation sites excluding steroid dienone is 1. The fourth-order valence-corrected chi connectivity index (χ4v) is 2.89. The minimum Gasteiger partial charge on any atom is -0.0696 e. The first-order valence-electron chi connectivity index (χ1n) is 7.55. The Balaban J connectivity index is 2.31. The van der Waals surface area contributed by atoms with Crippen LogP contribution in [0.4, 0.5) is 0 Å². The Bertz CT molecular complexity index is 414. The molecule has 1 fully saturated rings. The van der Waals surface area contributed by atoms with Gasteiger partial charge in [-0.05, 0) is 55.2 Å². The normalized spacial score (nSPS) is 14.6. The fourth-order valence-electron chi connectivity index (χ4n) is 2.89. The molecule has 1 aliphatic carbocycles. The Labute approximate surface area is 112 Å². The van der Waals surface area contributed by atoms with Gasteiger partial charge in [0.2, 0.25) is 0 Å². The highest BCUT2D eigenvalue weighted by molar-refractivity contribution is 5.60. The van der Waals surface area contributed by atoms with E-state index in [0.29, 0.717) is 0 Å². The molecule has 0 heteroatoms. The highest BCUT2D eigenvalue weighted by atomic mass is 14.3. The van der Waals surface area contributed by atoms with Crippen molar-refractivity contribution in [2.24, 2.45) is 0 Å². The minimum atomic E-state index is 0.849. The maximum absolute atomic E-state index is 2.48. The Morgan fingerprint density at radius 1 is 1.17 bits per heavy atom. The van der Waals surface area contributed by atoms with Gasteiger partial charge in [0.15, 0.2) is 0 Å². The molecule has 1 saturated carbocycles. The van der Waals surface area contributed by atoms with Gasteiger partial charge in [-0.25, -0.2) is 0 Å². The summed E-state index contributed by atoms with van der Waals surface area (Å²) in [5.41, 5.74) is 6.24. The summed E-state index contributed by atoms with van der Waals surface area (Å²) >= 11 is 0. The highest BCUT2D eigenvalue weighted by Crippen LogP contribution is 2.43. The van der Waals surface area contributed by atoms with Gasteiger partial charge >= 0.3 is 0 Å². The summed E-state index contributed by atoms with van der Waals surface area (Å²) in [4.78, 5) is 0. The minimum absolute atomic E-state index is 0.849. The molecule has 0 saturated heterocycles. The van der Waals surface area contributed by atoms with E-state index in [0.717, 1.165) is 5.92 Å². The van der Waals surface area contributed by atoms with E-state index in [-0.39, 0.29) is 0 Å². The van der Waals surface area contributed by atoms with Crippen LogP contribution in [0.3, 0.4) is 0 Å². The lowest BCUT2D eigenvalue weighted by Gasteiger charge is -2.11. The Morgan fingerprint density at radius 2 is 1.83 bits per heavy atom. The van der Waals surface area contributed by atoms with Gasteiger partial charge in [-0.15, -0.1) is 0 Å². The molecule has 0 N–H and O–H groups in total. The van der Waals surface area contributed by atoms with Crippen LogP contribution in [0.25, 0.3) is 6.08 Å². The van der Waals surface area contributed by atoms with Crippen LogP contribution < -0.4 is 0 Å². The molecule has 1 aromatic carbocycles. The van der Waals surface area contributed by atoms with Gasteiger partial charge in [0.05, 0.1) is 0 Å². The number of aryl methyl sites for hydroxylation is 1. The van der Waals surface area contributed by atoms with E-state index in [2.05, 4.69) is 45.0 Å². The lowest BCUT2D eigenvalue weighted by molar-refractivity contribution is 0.810. The molecule has 1 aliphatic rings. The Morgan fingerprint density at radius 3 is 2.39 bits per heavy atom. The van der Waals surface area contributed by atoms with Gasteiger partial charge in [0.25, 0.3) is 0 Å². The van der Waals surface area contributed by atoms with Crippen LogP contribution >= 0.6 is 0 Å². The van der Waals surface area contributed by atoms with Gasteiger partial charge in [-0.3, -0.25) is 0 Å². The second-order valence-electron chi connectivity index (χ2n) is 5.65. The zero-order valence-electron chi connectivity index (χ0n) is 12.1. The van der Waals surface area contributed by atoms with Gasteiger partial charge in [-0.1, -0.05) is 56.5 Å². The third kappa shape index (κ3) is 3.25. The summed E-state index contributed by atoms with van der Waals surface area (Å²) in [5.74, 6) is 0.849. The van der Waals surface area contributed by atoms with Crippen LogP contribution in [-0.2, 0) is 0 Å². The molecule has 0 bridgehead atoms. The number of hydrogen-bond donors (Lipinski definition) is 0. The second-order valence-corrected chi connectivity index (χ2v) is 5.65. The average Bonchev–Trinajstić information content (AvgIpc) is 3.14. The molecule has 0 aliphatic heterocycles. The predicted octanol–water partition coefficient (Wildman–Crippen LogP) is 5.86. The molecular weight excluding hydrogens is 216 g/mol. The lowest BCUT2D eigenvalue weighted by Crippen LogP contribution is -1.92. The van der Waals surface area contributed by atoms with Crippen LogP contribution in [0, 0.1) is 6.92 Å². The first-order chi connectivity index (χ1) is 8.76. The summed E-state index contributed by atoms with van der Waals surface area (Å²) in [7, 11) is 0. The Kier molecular flexibility index (Phi) is 4.63. The van der Waals surface area contributed by atoms with Crippen molar-refractivity contribution in [3.8, 4) is 0 Å². The van der Waals surface area contributed by atoms with E-state index in [1.165, 1.54) is 49.7 Å². The van der Waals surface area contributed by atoms with Crippen molar-refractivity contribution in [1.29, 1.82) is 0 Å².